The first-order chi connectivity index (χ1) is 5.61. The standard InChI is InChI=1S/C8H8FNO2.K/c9-6-3-1-5(2-4-6)7(10)8(11)12;/h1-4,7H,10H2,(H,11,12);/q;+1/p-1/t7-;/m1./s1. The van der Waals surface area contributed by atoms with Gasteiger partial charge in [0.2, 0.25) is 0 Å². The Morgan fingerprint density at radius 2 is 1.85 bits per heavy atom. The predicted molar refractivity (Wildman–Crippen MR) is 38.3 cm³/mol. The van der Waals surface area contributed by atoms with Gasteiger partial charge in [0.1, 0.15) is 5.82 Å². The van der Waals surface area contributed by atoms with E-state index in [1.54, 1.807) is 0 Å². The number of aliphatic carboxylic acids is 1. The average Bonchev–Trinajstić information content (AvgIpc) is 2.04. The van der Waals surface area contributed by atoms with Crippen LogP contribution in [-0.4, -0.2) is 5.97 Å². The maximum Gasteiger partial charge on any atom is 1.00 e. The smallest absolute Gasteiger partial charge is 0.548 e. The average molecular weight is 207 g/mol. The minimum atomic E-state index is -1.37. The van der Waals surface area contributed by atoms with Crippen LogP contribution >= 0.6 is 0 Å². The summed E-state index contributed by atoms with van der Waals surface area (Å²) in [6, 6.07) is 3.74. The molecule has 0 spiro atoms. The van der Waals surface area contributed by atoms with Gasteiger partial charge in [-0.15, -0.1) is 0 Å². The maximum atomic E-state index is 12.3. The summed E-state index contributed by atoms with van der Waals surface area (Å²) >= 11 is 0. The summed E-state index contributed by atoms with van der Waals surface area (Å²) in [6.07, 6.45) is 0. The second kappa shape index (κ2) is 5.84. The van der Waals surface area contributed by atoms with Crippen molar-refractivity contribution in [3.63, 3.8) is 0 Å². The zero-order chi connectivity index (χ0) is 9.14. The largest absolute Gasteiger partial charge is 1.00 e. The normalized spacial score (nSPS) is 11.5. The molecule has 0 aliphatic rings. The Hall–Kier alpha value is 0.216. The summed E-state index contributed by atoms with van der Waals surface area (Å²) in [5, 5.41) is 10.3. The van der Waals surface area contributed by atoms with Crippen LogP contribution in [-0.2, 0) is 4.79 Å². The van der Waals surface area contributed by atoms with E-state index in [4.69, 9.17) is 5.73 Å². The summed E-state index contributed by atoms with van der Waals surface area (Å²) in [7, 11) is 0. The molecule has 64 valence electrons. The van der Waals surface area contributed by atoms with E-state index in [1.807, 2.05) is 0 Å². The molecule has 0 radical (unpaired) electrons. The van der Waals surface area contributed by atoms with Crippen LogP contribution < -0.4 is 62.2 Å². The molecule has 13 heavy (non-hydrogen) atoms. The van der Waals surface area contributed by atoms with Gasteiger partial charge < -0.3 is 15.6 Å². The Morgan fingerprint density at radius 3 is 2.23 bits per heavy atom. The molecule has 0 aliphatic carbocycles. The minimum absolute atomic E-state index is 0. The summed E-state index contributed by atoms with van der Waals surface area (Å²) in [5.41, 5.74) is 5.53. The van der Waals surface area contributed by atoms with Crippen LogP contribution in [0.5, 0.6) is 0 Å². The second-order valence-electron chi connectivity index (χ2n) is 2.35. The summed E-state index contributed by atoms with van der Waals surface area (Å²) in [4.78, 5) is 10.3. The molecule has 0 saturated carbocycles. The van der Waals surface area contributed by atoms with E-state index < -0.39 is 17.8 Å². The first kappa shape index (κ1) is 13.2. The number of rotatable bonds is 2. The van der Waals surface area contributed by atoms with Crippen LogP contribution in [0.25, 0.3) is 0 Å². The Balaban J connectivity index is 0.00000144. The molecular formula is C8H7FKNO2. The number of carbonyl (C=O) groups is 1. The molecule has 0 fully saturated rings. The molecular weight excluding hydrogens is 200 g/mol. The Morgan fingerprint density at radius 1 is 1.38 bits per heavy atom. The van der Waals surface area contributed by atoms with Gasteiger partial charge in [-0.1, -0.05) is 12.1 Å². The van der Waals surface area contributed by atoms with Crippen molar-refractivity contribution in [3.05, 3.63) is 35.6 Å². The van der Waals surface area contributed by atoms with Gasteiger partial charge in [-0.05, 0) is 17.7 Å². The van der Waals surface area contributed by atoms with Gasteiger partial charge in [0.05, 0.1) is 12.0 Å². The molecule has 0 saturated heterocycles. The fourth-order valence-electron chi connectivity index (χ4n) is 0.806. The molecule has 3 nitrogen and oxygen atoms in total. The van der Waals surface area contributed by atoms with Crippen LogP contribution in [0.2, 0.25) is 0 Å². The molecule has 0 unspecified atom stereocenters. The number of halogens is 1. The number of hydrogen-bond acceptors (Lipinski definition) is 3. The van der Waals surface area contributed by atoms with E-state index in [-0.39, 0.29) is 51.4 Å². The monoisotopic (exact) mass is 207 g/mol. The van der Waals surface area contributed by atoms with Crippen LogP contribution in [0.1, 0.15) is 11.6 Å². The van der Waals surface area contributed by atoms with Crippen molar-refractivity contribution in [1.82, 2.24) is 0 Å². The van der Waals surface area contributed by atoms with E-state index in [1.165, 1.54) is 12.1 Å². The fourth-order valence-corrected chi connectivity index (χ4v) is 0.806. The Bertz CT molecular complexity index is 289. The van der Waals surface area contributed by atoms with Crippen molar-refractivity contribution >= 4 is 5.97 Å². The number of carbonyl (C=O) groups excluding carboxylic acids is 1. The van der Waals surface area contributed by atoms with E-state index in [2.05, 4.69) is 0 Å². The van der Waals surface area contributed by atoms with Crippen molar-refractivity contribution in [2.24, 2.45) is 5.73 Å². The van der Waals surface area contributed by atoms with E-state index in [9.17, 15) is 14.3 Å². The molecule has 1 aromatic rings. The zero-order valence-corrected chi connectivity index (χ0v) is 10.3. The Kier molecular flexibility index (Phi) is 5.94. The molecule has 1 atom stereocenters. The Labute approximate surface area is 118 Å². The molecule has 1 aromatic carbocycles. The number of carboxylic acids is 1. The number of nitrogens with two attached hydrogens (primary N) is 1. The molecule has 5 heteroatoms. The van der Waals surface area contributed by atoms with E-state index in [0.29, 0.717) is 5.56 Å². The first-order valence-electron chi connectivity index (χ1n) is 3.33. The van der Waals surface area contributed by atoms with Crippen molar-refractivity contribution in [3.8, 4) is 0 Å². The predicted octanol–water partition coefficient (Wildman–Crippen LogP) is -3.42. The van der Waals surface area contributed by atoms with Crippen molar-refractivity contribution in [1.29, 1.82) is 0 Å². The number of hydrogen-bond donors (Lipinski definition) is 1. The quantitative estimate of drug-likeness (QED) is 0.514. The first-order valence-corrected chi connectivity index (χ1v) is 3.33. The topological polar surface area (TPSA) is 66.2 Å². The number of benzene rings is 1. The van der Waals surface area contributed by atoms with Gasteiger partial charge in [-0.25, -0.2) is 4.39 Å². The van der Waals surface area contributed by atoms with E-state index in [0.717, 1.165) is 12.1 Å². The van der Waals surface area contributed by atoms with Gasteiger partial charge in [0.25, 0.3) is 0 Å². The molecule has 0 aromatic heterocycles. The summed E-state index contributed by atoms with van der Waals surface area (Å²) in [6.45, 7) is 0. The second-order valence-corrected chi connectivity index (χ2v) is 2.35. The van der Waals surface area contributed by atoms with E-state index >= 15 is 0 Å². The van der Waals surface area contributed by atoms with Crippen LogP contribution in [0, 0.1) is 5.82 Å². The van der Waals surface area contributed by atoms with Gasteiger partial charge in [-0.3, -0.25) is 0 Å². The summed E-state index contributed by atoms with van der Waals surface area (Å²) < 4.78 is 12.3. The van der Waals surface area contributed by atoms with Gasteiger partial charge in [0.15, 0.2) is 0 Å². The van der Waals surface area contributed by atoms with Gasteiger partial charge in [-0.2, -0.15) is 0 Å². The third-order valence-electron chi connectivity index (χ3n) is 1.48. The van der Waals surface area contributed by atoms with Gasteiger partial charge >= 0.3 is 51.4 Å². The molecule has 0 aliphatic heterocycles. The third-order valence-corrected chi connectivity index (χ3v) is 1.48. The van der Waals surface area contributed by atoms with Gasteiger partial charge in [0, 0.05) is 0 Å². The van der Waals surface area contributed by atoms with Crippen LogP contribution in [0.3, 0.4) is 0 Å². The molecule has 2 N–H and O–H groups in total. The van der Waals surface area contributed by atoms with Crippen molar-refractivity contribution in [2.45, 2.75) is 6.04 Å². The molecule has 0 heterocycles. The molecule has 0 bridgehead atoms. The number of carboxylic acid groups (broad SMARTS) is 1. The molecule has 1 rings (SSSR count). The molecule has 0 amide bonds. The van der Waals surface area contributed by atoms with Crippen molar-refractivity contribution < 1.29 is 65.7 Å². The fraction of sp³-hybridized carbons (Fsp3) is 0.125. The SMILES string of the molecule is N[C@@H](C(=O)[O-])c1ccc(F)cc1.[K+]. The van der Waals surface area contributed by atoms with Crippen LogP contribution in [0.4, 0.5) is 4.39 Å². The minimum Gasteiger partial charge on any atom is -0.548 e. The van der Waals surface area contributed by atoms with Crippen LogP contribution in [0.15, 0.2) is 24.3 Å². The third kappa shape index (κ3) is 3.84. The zero-order valence-electron chi connectivity index (χ0n) is 7.16. The summed E-state index contributed by atoms with van der Waals surface area (Å²) in [5.74, 6) is -1.80. The van der Waals surface area contributed by atoms with Crippen molar-refractivity contribution in [2.75, 3.05) is 0 Å². The maximum absolute atomic E-state index is 12.3.